The lowest BCUT2D eigenvalue weighted by atomic mass is 10.1. The van der Waals surface area contributed by atoms with E-state index >= 15 is 0 Å². The zero-order chi connectivity index (χ0) is 15.4. The Morgan fingerprint density at radius 2 is 2.19 bits per heavy atom. The quantitative estimate of drug-likeness (QED) is 0.820. The Bertz CT molecular complexity index is 533. The van der Waals surface area contributed by atoms with Crippen LogP contribution < -0.4 is 10.6 Å². The van der Waals surface area contributed by atoms with Crippen molar-refractivity contribution in [3.63, 3.8) is 0 Å². The lowest BCUT2D eigenvalue weighted by molar-refractivity contribution is -0.117. The van der Waals surface area contributed by atoms with Gasteiger partial charge in [0.1, 0.15) is 5.00 Å². The van der Waals surface area contributed by atoms with Crippen LogP contribution in [0.2, 0.25) is 0 Å². The third-order valence-corrected chi connectivity index (χ3v) is 4.72. The van der Waals surface area contributed by atoms with Crippen molar-refractivity contribution < 1.29 is 14.3 Å². The minimum Gasteiger partial charge on any atom is -0.462 e. The number of esters is 1. The molecule has 5 nitrogen and oxygen atoms in total. The molecule has 1 fully saturated rings. The third-order valence-electron chi connectivity index (χ3n) is 3.66. The molecule has 116 valence electrons. The lowest BCUT2D eigenvalue weighted by Gasteiger charge is -2.11. The van der Waals surface area contributed by atoms with Gasteiger partial charge < -0.3 is 15.4 Å². The number of carbonyl (C=O) groups is 2. The molecule has 2 heterocycles. The van der Waals surface area contributed by atoms with Crippen molar-refractivity contribution in [1.82, 2.24) is 5.32 Å². The monoisotopic (exact) mass is 310 g/mol. The molecule has 2 rings (SSSR count). The Hall–Kier alpha value is -1.40. The second kappa shape index (κ2) is 7.04. The first-order valence-electron chi connectivity index (χ1n) is 7.42. The first kappa shape index (κ1) is 16.0. The molecule has 0 unspecified atom stereocenters. The number of anilines is 1. The summed E-state index contributed by atoms with van der Waals surface area (Å²) < 4.78 is 5.13. The van der Waals surface area contributed by atoms with Crippen molar-refractivity contribution >= 4 is 28.2 Å². The molecule has 0 aromatic carbocycles. The second-order valence-corrected chi connectivity index (χ2v) is 6.28. The number of nitrogens with one attached hydrogen (secondary N) is 2. The Kier molecular flexibility index (Phi) is 5.36. The molecule has 2 N–H and O–H groups in total. The predicted molar refractivity (Wildman–Crippen MR) is 84.0 cm³/mol. The molecule has 0 bridgehead atoms. The fraction of sp³-hybridized carbons (Fsp3) is 0.600. The van der Waals surface area contributed by atoms with Crippen LogP contribution in [0.4, 0.5) is 5.00 Å². The van der Waals surface area contributed by atoms with E-state index in [2.05, 4.69) is 10.6 Å². The molecular weight excluding hydrogens is 288 g/mol. The van der Waals surface area contributed by atoms with Crippen LogP contribution in [0, 0.1) is 6.92 Å². The smallest absolute Gasteiger partial charge is 0.341 e. The number of hydrogen-bond donors (Lipinski definition) is 2. The molecule has 0 saturated carbocycles. The average Bonchev–Trinajstić information content (AvgIpc) is 3.06. The minimum atomic E-state index is -0.353. The van der Waals surface area contributed by atoms with E-state index in [1.54, 1.807) is 6.92 Å². The molecule has 21 heavy (non-hydrogen) atoms. The summed E-state index contributed by atoms with van der Waals surface area (Å²) in [5.41, 5.74) is 1.49. The maximum Gasteiger partial charge on any atom is 0.341 e. The number of hydrogen-bond acceptors (Lipinski definition) is 5. The zero-order valence-corrected chi connectivity index (χ0v) is 13.6. The van der Waals surface area contributed by atoms with Gasteiger partial charge in [-0.05, 0) is 45.2 Å². The van der Waals surface area contributed by atoms with Crippen molar-refractivity contribution in [3.05, 3.63) is 16.0 Å². The summed E-state index contributed by atoms with van der Waals surface area (Å²) in [7, 11) is 0. The Morgan fingerprint density at radius 3 is 2.76 bits per heavy atom. The fourth-order valence-electron chi connectivity index (χ4n) is 2.62. The molecule has 1 saturated heterocycles. The molecule has 1 aromatic heterocycles. The molecular formula is C15H22N2O3S. The highest BCUT2D eigenvalue weighted by Gasteiger charge is 2.27. The SMILES string of the molecule is CCOC(=O)c1c(NC(=O)[C@H]2CCCN2)sc(C)c1CC. The Labute approximate surface area is 129 Å². The topological polar surface area (TPSA) is 67.4 Å². The van der Waals surface area contributed by atoms with Crippen LogP contribution in [0.5, 0.6) is 0 Å². The van der Waals surface area contributed by atoms with E-state index in [1.165, 1.54) is 11.3 Å². The van der Waals surface area contributed by atoms with Crippen LogP contribution in [0.15, 0.2) is 0 Å². The van der Waals surface area contributed by atoms with Crippen LogP contribution in [0.3, 0.4) is 0 Å². The average molecular weight is 310 g/mol. The first-order chi connectivity index (χ1) is 10.1. The molecule has 0 aliphatic carbocycles. The molecule has 0 radical (unpaired) electrons. The van der Waals surface area contributed by atoms with Gasteiger partial charge in [0.05, 0.1) is 18.2 Å². The highest BCUT2D eigenvalue weighted by atomic mass is 32.1. The van der Waals surface area contributed by atoms with Crippen molar-refractivity contribution in [2.24, 2.45) is 0 Å². The van der Waals surface area contributed by atoms with E-state index in [0.29, 0.717) is 17.2 Å². The molecule has 1 aliphatic heterocycles. The van der Waals surface area contributed by atoms with Crippen LogP contribution in [-0.4, -0.2) is 31.1 Å². The molecule has 1 amide bonds. The Balaban J connectivity index is 2.25. The Morgan fingerprint density at radius 1 is 1.43 bits per heavy atom. The molecule has 1 aliphatic rings. The van der Waals surface area contributed by atoms with E-state index in [9.17, 15) is 9.59 Å². The van der Waals surface area contributed by atoms with Gasteiger partial charge in [0.25, 0.3) is 0 Å². The summed E-state index contributed by atoms with van der Waals surface area (Å²) in [6.07, 6.45) is 2.59. The summed E-state index contributed by atoms with van der Waals surface area (Å²) in [5, 5.41) is 6.68. The third kappa shape index (κ3) is 3.44. The van der Waals surface area contributed by atoms with Crippen molar-refractivity contribution in [1.29, 1.82) is 0 Å². The number of carbonyl (C=O) groups excluding carboxylic acids is 2. The number of aryl methyl sites for hydroxylation is 1. The van der Waals surface area contributed by atoms with Crippen molar-refractivity contribution in [2.75, 3.05) is 18.5 Å². The maximum absolute atomic E-state index is 12.2. The summed E-state index contributed by atoms with van der Waals surface area (Å²) in [4.78, 5) is 25.5. The van der Waals surface area contributed by atoms with Crippen LogP contribution >= 0.6 is 11.3 Å². The van der Waals surface area contributed by atoms with Crippen molar-refractivity contribution in [2.45, 2.75) is 46.1 Å². The van der Waals surface area contributed by atoms with Gasteiger partial charge in [-0.3, -0.25) is 4.79 Å². The van der Waals surface area contributed by atoms with Gasteiger partial charge in [0.2, 0.25) is 5.91 Å². The van der Waals surface area contributed by atoms with Gasteiger partial charge in [-0.15, -0.1) is 11.3 Å². The van der Waals surface area contributed by atoms with Gasteiger partial charge >= 0.3 is 5.97 Å². The number of rotatable bonds is 5. The van der Waals surface area contributed by atoms with Gasteiger partial charge in [-0.25, -0.2) is 4.79 Å². The number of thiophene rings is 1. The fourth-order valence-corrected chi connectivity index (χ4v) is 3.76. The zero-order valence-electron chi connectivity index (χ0n) is 12.7. The largest absolute Gasteiger partial charge is 0.462 e. The van der Waals surface area contributed by atoms with Gasteiger partial charge in [0, 0.05) is 4.88 Å². The van der Waals surface area contributed by atoms with E-state index in [-0.39, 0.29) is 17.9 Å². The van der Waals surface area contributed by atoms with E-state index in [0.717, 1.165) is 36.2 Å². The number of amides is 1. The summed E-state index contributed by atoms with van der Waals surface area (Å²) >= 11 is 1.45. The highest BCUT2D eigenvalue weighted by Crippen LogP contribution is 2.34. The summed E-state index contributed by atoms with van der Waals surface area (Å²) in [6, 6.07) is -0.160. The van der Waals surface area contributed by atoms with Gasteiger partial charge in [-0.2, -0.15) is 0 Å². The molecule has 0 spiro atoms. The molecule has 1 atom stereocenters. The highest BCUT2D eigenvalue weighted by molar-refractivity contribution is 7.16. The van der Waals surface area contributed by atoms with Crippen LogP contribution in [-0.2, 0) is 16.0 Å². The summed E-state index contributed by atoms with van der Waals surface area (Å²) in [6.45, 7) is 6.95. The van der Waals surface area contributed by atoms with Crippen LogP contribution in [0.25, 0.3) is 0 Å². The minimum absolute atomic E-state index is 0.0676. The first-order valence-corrected chi connectivity index (χ1v) is 8.23. The molecule has 6 heteroatoms. The van der Waals surface area contributed by atoms with E-state index in [1.807, 2.05) is 13.8 Å². The van der Waals surface area contributed by atoms with Crippen molar-refractivity contribution in [3.8, 4) is 0 Å². The predicted octanol–water partition coefficient (Wildman–Crippen LogP) is 2.49. The lowest BCUT2D eigenvalue weighted by Crippen LogP contribution is -2.35. The van der Waals surface area contributed by atoms with E-state index < -0.39 is 0 Å². The van der Waals surface area contributed by atoms with Gasteiger partial charge in [-0.1, -0.05) is 6.92 Å². The van der Waals surface area contributed by atoms with Crippen LogP contribution in [0.1, 0.15) is 47.5 Å². The number of ether oxygens (including phenoxy) is 1. The molecule has 1 aromatic rings. The maximum atomic E-state index is 12.2. The second-order valence-electron chi connectivity index (χ2n) is 5.05. The van der Waals surface area contributed by atoms with Gasteiger partial charge in [0.15, 0.2) is 0 Å². The normalized spacial score (nSPS) is 17.8. The standard InChI is InChI=1S/C15H22N2O3S/c1-4-10-9(3)21-14(12(10)15(19)20-5-2)17-13(18)11-7-6-8-16-11/h11,16H,4-8H2,1-3H3,(H,17,18)/t11-/m1/s1. The van der Waals surface area contributed by atoms with E-state index in [4.69, 9.17) is 4.74 Å². The summed E-state index contributed by atoms with van der Waals surface area (Å²) in [5.74, 6) is -0.421.